The summed E-state index contributed by atoms with van der Waals surface area (Å²) in [5.41, 5.74) is 8.68. The van der Waals surface area contributed by atoms with Gasteiger partial charge in [0.05, 0.1) is 29.7 Å². The molecular weight excluding hydrogens is 356 g/mol. The van der Waals surface area contributed by atoms with E-state index in [1.165, 1.54) is 29.5 Å². The number of amides is 1. The molecule has 1 aliphatic rings. The third-order valence-corrected chi connectivity index (χ3v) is 4.95. The lowest BCUT2D eigenvalue weighted by Crippen LogP contribution is -2.41. The van der Waals surface area contributed by atoms with Crippen LogP contribution in [0.3, 0.4) is 0 Å². The number of ketones is 1. The van der Waals surface area contributed by atoms with Crippen LogP contribution in [0.15, 0.2) is 49.1 Å². The van der Waals surface area contributed by atoms with Gasteiger partial charge in [-0.2, -0.15) is 5.10 Å². The van der Waals surface area contributed by atoms with Crippen molar-refractivity contribution < 1.29 is 9.59 Å². The van der Waals surface area contributed by atoms with Crippen molar-refractivity contribution in [3.05, 3.63) is 65.9 Å². The van der Waals surface area contributed by atoms with E-state index in [-0.39, 0.29) is 23.2 Å². The van der Waals surface area contributed by atoms with Crippen LogP contribution in [-0.2, 0) is 0 Å². The fourth-order valence-corrected chi connectivity index (χ4v) is 3.46. The number of benzene rings is 1. The minimum atomic E-state index is -0.576. The Balaban J connectivity index is 1.60. The molecule has 28 heavy (non-hydrogen) atoms. The van der Waals surface area contributed by atoms with Crippen molar-refractivity contribution in [3.8, 4) is 5.69 Å². The molecule has 0 bridgehead atoms. The zero-order valence-electron chi connectivity index (χ0n) is 15.4. The molecule has 4 rings (SSSR count). The molecule has 0 unspecified atom stereocenters. The molecule has 8 nitrogen and oxygen atoms in total. The third kappa shape index (κ3) is 3.13. The topological polar surface area (TPSA) is 107 Å². The predicted molar refractivity (Wildman–Crippen MR) is 103 cm³/mol. The molecule has 0 spiro atoms. The lowest BCUT2D eigenvalue weighted by molar-refractivity contribution is 0.0667. The monoisotopic (exact) mass is 376 g/mol. The standard InChI is InChI=1S/C20H20N6O2/c1-13-4-6-14(7-5-13)26-19(21)15(11-24-26)18(27)17-3-2-10-25(17)20(28)16-12-22-8-9-23-16/h4-9,11-12,17H,2-3,10,21H2,1H3/t17-/m0/s1. The Morgan fingerprint density at radius 1 is 1.14 bits per heavy atom. The number of rotatable bonds is 4. The van der Waals surface area contributed by atoms with Gasteiger partial charge in [-0.05, 0) is 31.9 Å². The van der Waals surface area contributed by atoms with Gasteiger partial charge in [-0.3, -0.25) is 14.6 Å². The molecule has 3 aromatic rings. The second kappa shape index (κ2) is 7.22. The Kier molecular flexibility index (Phi) is 4.60. The first kappa shape index (κ1) is 17.8. The fraction of sp³-hybridized carbons (Fsp3) is 0.250. The lowest BCUT2D eigenvalue weighted by Gasteiger charge is -2.23. The van der Waals surface area contributed by atoms with Crippen molar-refractivity contribution in [3.63, 3.8) is 0 Å². The maximum Gasteiger partial charge on any atom is 0.274 e. The highest BCUT2D eigenvalue weighted by atomic mass is 16.2. The summed E-state index contributed by atoms with van der Waals surface area (Å²) in [4.78, 5) is 35.4. The molecule has 1 fully saturated rings. The zero-order valence-corrected chi connectivity index (χ0v) is 15.4. The van der Waals surface area contributed by atoms with Gasteiger partial charge in [0.25, 0.3) is 5.91 Å². The molecule has 1 aromatic carbocycles. The van der Waals surface area contributed by atoms with E-state index >= 15 is 0 Å². The van der Waals surface area contributed by atoms with Crippen LogP contribution in [0.1, 0.15) is 39.3 Å². The molecular formula is C20H20N6O2. The number of carbonyl (C=O) groups is 2. The summed E-state index contributed by atoms with van der Waals surface area (Å²) in [6, 6.07) is 7.12. The van der Waals surface area contributed by atoms with Crippen LogP contribution in [0.25, 0.3) is 5.69 Å². The molecule has 2 aromatic heterocycles. The van der Waals surface area contributed by atoms with E-state index in [0.717, 1.165) is 17.7 Å². The number of carbonyl (C=O) groups excluding carboxylic acids is 2. The molecule has 0 aliphatic carbocycles. The Morgan fingerprint density at radius 3 is 2.64 bits per heavy atom. The van der Waals surface area contributed by atoms with Crippen LogP contribution in [-0.4, -0.2) is 48.9 Å². The van der Waals surface area contributed by atoms with E-state index in [9.17, 15) is 9.59 Å². The van der Waals surface area contributed by atoms with Crippen molar-refractivity contribution in [1.29, 1.82) is 0 Å². The quantitative estimate of drug-likeness (QED) is 0.698. The van der Waals surface area contributed by atoms with Gasteiger partial charge >= 0.3 is 0 Å². The maximum atomic E-state index is 13.1. The van der Waals surface area contributed by atoms with Crippen molar-refractivity contribution >= 4 is 17.5 Å². The third-order valence-electron chi connectivity index (χ3n) is 4.95. The van der Waals surface area contributed by atoms with Crippen molar-refractivity contribution in [2.24, 2.45) is 0 Å². The average molecular weight is 376 g/mol. The number of aryl methyl sites for hydroxylation is 1. The number of likely N-dealkylation sites (tertiary alicyclic amines) is 1. The highest BCUT2D eigenvalue weighted by Gasteiger charge is 2.37. The molecule has 1 amide bonds. The number of nitrogens with zero attached hydrogens (tertiary/aromatic N) is 5. The van der Waals surface area contributed by atoms with Crippen LogP contribution >= 0.6 is 0 Å². The normalized spacial score (nSPS) is 16.3. The van der Waals surface area contributed by atoms with Crippen molar-refractivity contribution in [2.75, 3.05) is 12.3 Å². The lowest BCUT2D eigenvalue weighted by atomic mass is 10.0. The van der Waals surface area contributed by atoms with Gasteiger partial charge in [-0.1, -0.05) is 17.7 Å². The summed E-state index contributed by atoms with van der Waals surface area (Å²) in [5.74, 6) is -0.230. The van der Waals surface area contributed by atoms with E-state index in [1.54, 1.807) is 4.90 Å². The molecule has 0 radical (unpaired) electrons. The number of nitrogen functional groups attached to an aromatic ring is 1. The highest BCUT2D eigenvalue weighted by Crippen LogP contribution is 2.26. The molecule has 142 valence electrons. The number of aromatic nitrogens is 4. The number of hydrogen-bond acceptors (Lipinski definition) is 6. The molecule has 2 N–H and O–H groups in total. The minimum absolute atomic E-state index is 0.203. The van der Waals surface area contributed by atoms with E-state index < -0.39 is 6.04 Å². The van der Waals surface area contributed by atoms with Gasteiger partial charge in [-0.25, -0.2) is 9.67 Å². The van der Waals surface area contributed by atoms with E-state index in [2.05, 4.69) is 15.1 Å². The average Bonchev–Trinajstić information content (AvgIpc) is 3.35. The summed E-state index contributed by atoms with van der Waals surface area (Å²) in [5, 5.41) is 4.28. The second-order valence-corrected chi connectivity index (χ2v) is 6.80. The van der Waals surface area contributed by atoms with Crippen LogP contribution < -0.4 is 5.73 Å². The fourth-order valence-electron chi connectivity index (χ4n) is 3.46. The maximum absolute atomic E-state index is 13.1. The summed E-state index contributed by atoms with van der Waals surface area (Å²) >= 11 is 0. The first-order valence-electron chi connectivity index (χ1n) is 9.08. The van der Waals surface area contributed by atoms with Crippen molar-refractivity contribution in [2.45, 2.75) is 25.8 Å². The zero-order chi connectivity index (χ0) is 19.7. The molecule has 0 saturated carbocycles. The van der Waals surface area contributed by atoms with Crippen LogP contribution in [0.2, 0.25) is 0 Å². The molecule has 1 aliphatic heterocycles. The molecule has 1 saturated heterocycles. The van der Waals surface area contributed by atoms with Gasteiger partial charge in [0.15, 0.2) is 5.78 Å². The number of Topliss-reactive ketones (excluding diaryl/α,β-unsaturated/α-hetero) is 1. The van der Waals surface area contributed by atoms with Gasteiger partial charge in [0.2, 0.25) is 0 Å². The first-order chi connectivity index (χ1) is 13.6. The highest BCUT2D eigenvalue weighted by molar-refractivity contribution is 6.06. The van der Waals surface area contributed by atoms with Gasteiger partial charge in [0, 0.05) is 18.9 Å². The number of hydrogen-bond donors (Lipinski definition) is 1. The second-order valence-electron chi connectivity index (χ2n) is 6.80. The Bertz CT molecular complexity index is 1010. The molecule has 3 heterocycles. The van der Waals surface area contributed by atoms with Crippen LogP contribution in [0, 0.1) is 6.92 Å². The van der Waals surface area contributed by atoms with E-state index in [4.69, 9.17) is 5.73 Å². The van der Waals surface area contributed by atoms with E-state index in [1.807, 2.05) is 31.2 Å². The van der Waals surface area contributed by atoms with Crippen LogP contribution in [0.5, 0.6) is 0 Å². The Morgan fingerprint density at radius 2 is 1.93 bits per heavy atom. The summed E-state index contributed by atoms with van der Waals surface area (Å²) in [6.07, 6.45) is 7.18. The van der Waals surface area contributed by atoms with E-state index in [0.29, 0.717) is 18.5 Å². The summed E-state index contributed by atoms with van der Waals surface area (Å²) in [6.45, 7) is 2.49. The summed E-state index contributed by atoms with van der Waals surface area (Å²) < 4.78 is 1.54. The van der Waals surface area contributed by atoms with Gasteiger partial charge in [-0.15, -0.1) is 0 Å². The van der Waals surface area contributed by atoms with Crippen molar-refractivity contribution in [1.82, 2.24) is 24.6 Å². The van der Waals surface area contributed by atoms with Gasteiger partial charge < -0.3 is 10.6 Å². The predicted octanol–water partition coefficient (Wildman–Crippen LogP) is 2.04. The first-order valence-corrected chi connectivity index (χ1v) is 9.08. The summed E-state index contributed by atoms with van der Waals surface area (Å²) in [7, 11) is 0. The Labute approximate surface area is 162 Å². The molecule has 8 heteroatoms. The molecule has 1 atom stereocenters. The number of anilines is 1. The van der Waals surface area contributed by atoms with Gasteiger partial charge in [0.1, 0.15) is 11.5 Å². The minimum Gasteiger partial charge on any atom is -0.383 e. The van der Waals surface area contributed by atoms with Crippen LogP contribution in [0.4, 0.5) is 5.82 Å². The Hall–Kier alpha value is -3.55. The smallest absolute Gasteiger partial charge is 0.274 e. The largest absolute Gasteiger partial charge is 0.383 e. The number of nitrogens with two attached hydrogens (primary N) is 1. The SMILES string of the molecule is Cc1ccc(-n2ncc(C(=O)[C@@H]3CCCN3C(=O)c3cnccn3)c2N)cc1.